The molecule has 6 heteroatoms. The zero-order valence-electron chi connectivity index (χ0n) is 15.8. The Morgan fingerprint density at radius 3 is 2.07 bits per heavy atom. The highest BCUT2D eigenvalue weighted by Gasteiger charge is 2.19. The fourth-order valence-corrected chi connectivity index (χ4v) is 3.04. The summed E-state index contributed by atoms with van der Waals surface area (Å²) < 4.78 is 0. The molecule has 0 atom stereocenters. The third-order valence-electron chi connectivity index (χ3n) is 4.49. The Labute approximate surface area is 169 Å². The van der Waals surface area contributed by atoms with Crippen LogP contribution in [0.4, 0.5) is 5.69 Å². The normalized spacial score (nSPS) is 10.9. The molecule has 0 aliphatic heterocycles. The second-order valence-electron chi connectivity index (χ2n) is 6.66. The number of hydrogen-bond donors (Lipinski definition) is 1. The number of carbonyl (C=O) groups excluding carboxylic acids is 1. The fourth-order valence-electron chi connectivity index (χ4n) is 3.04. The zero-order valence-corrected chi connectivity index (χ0v) is 15.8. The van der Waals surface area contributed by atoms with Crippen molar-refractivity contribution in [1.29, 1.82) is 0 Å². The van der Waals surface area contributed by atoms with E-state index in [-0.39, 0.29) is 17.5 Å². The lowest BCUT2D eigenvalue weighted by molar-refractivity contribution is -0.384. The van der Waals surface area contributed by atoms with Gasteiger partial charge >= 0.3 is 0 Å². The Bertz CT molecular complexity index is 947. The molecule has 6 nitrogen and oxygen atoms in total. The highest BCUT2D eigenvalue weighted by Crippen LogP contribution is 2.16. The molecule has 29 heavy (non-hydrogen) atoms. The Balaban J connectivity index is 1.70. The molecule has 0 aromatic heterocycles. The van der Waals surface area contributed by atoms with Gasteiger partial charge in [0.25, 0.3) is 5.69 Å². The molecule has 146 valence electrons. The molecular weight excluding hydrogens is 366 g/mol. The average Bonchev–Trinajstić information content (AvgIpc) is 2.75. The molecule has 0 radical (unpaired) electrons. The second-order valence-corrected chi connectivity index (χ2v) is 6.66. The van der Waals surface area contributed by atoms with E-state index in [2.05, 4.69) is 10.5 Å². The average molecular weight is 387 g/mol. The Morgan fingerprint density at radius 1 is 0.931 bits per heavy atom. The van der Waals surface area contributed by atoms with E-state index >= 15 is 0 Å². The van der Waals surface area contributed by atoms with Gasteiger partial charge in [-0.2, -0.15) is 5.10 Å². The fraction of sp³-hybridized carbons (Fsp3) is 0.130. The number of non-ortho nitro benzene ring substituents is 1. The molecular formula is C23H21N3O3. The Hall–Kier alpha value is -3.80. The van der Waals surface area contributed by atoms with E-state index in [1.165, 1.54) is 18.3 Å². The molecule has 0 saturated carbocycles. The van der Waals surface area contributed by atoms with Crippen LogP contribution in [0, 0.1) is 16.0 Å². The smallest absolute Gasteiger partial charge is 0.270 e. The van der Waals surface area contributed by atoms with Gasteiger partial charge in [0.1, 0.15) is 0 Å². The minimum atomic E-state index is -0.467. The maximum atomic E-state index is 12.8. The number of rotatable bonds is 8. The lowest BCUT2D eigenvalue weighted by Crippen LogP contribution is -2.30. The first-order valence-electron chi connectivity index (χ1n) is 9.27. The number of nitrogens with one attached hydrogen (secondary N) is 1. The summed E-state index contributed by atoms with van der Waals surface area (Å²) in [5.74, 6) is -0.485. The van der Waals surface area contributed by atoms with Crippen molar-refractivity contribution in [3.8, 4) is 0 Å². The number of nitro benzene ring substituents is 1. The Kier molecular flexibility index (Phi) is 6.84. The van der Waals surface area contributed by atoms with Crippen LogP contribution in [0.15, 0.2) is 90.0 Å². The summed E-state index contributed by atoms with van der Waals surface area (Å²) in [5.41, 5.74) is 5.25. The second kappa shape index (κ2) is 9.94. The lowest BCUT2D eigenvalue weighted by Gasteiger charge is -2.15. The van der Waals surface area contributed by atoms with Crippen LogP contribution in [-0.2, 0) is 17.6 Å². The lowest BCUT2D eigenvalue weighted by atomic mass is 9.92. The quantitative estimate of drug-likeness (QED) is 0.358. The van der Waals surface area contributed by atoms with Gasteiger partial charge in [-0.1, -0.05) is 72.8 Å². The van der Waals surface area contributed by atoms with Crippen molar-refractivity contribution in [2.45, 2.75) is 12.8 Å². The number of amides is 1. The molecule has 0 fully saturated rings. The van der Waals surface area contributed by atoms with Gasteiger partial charge in [0.05, 0.1) is 11.1 Å². The number of carbonyl (C=O) groups is 1. The van der Waals surface area contributed by atoms with Crippen LogP contribution in [-0.4, -0.2) is 17.0 Å². The summed E-state index contributed by atoms with van der Waals surface area (Å²) in [7, 11) is 0. The summed E-state index contributed by atoms with van der Waals surface area (Å²) in [6, 6.07) is 25.8. The first-order chi connectivity index (χ1) is 14.1. The van der Waals surface area contributed by atoms with Gasteiger partial charge < -0.3 is 0 Å². The highest BCUT2D eigenvalue weighted by molar-refractivity contribution is 5.84. The van der Waals surface area contributed by atoms with Gasteiger partial charge in [0, 0.05) is 23.6 Å². The molecule has 0 aliphatic rings. The van der Waals surface area contributed by atoms with Crippen LogP contribution in [0.3, 0.4) is 0 Å². The van der Waals surface area contributed by atoms with E-state index in [1.807, 2.05) is 60.7 Å². The van der Waals surface area contributed by atoms with Crippen LogP contribution in [0.25, 0.3) is 0 Å². The first-order valence-corrected chi connectivity index (χ1v) is 9.27. The molecule has 1 N–H and O–H groups in total. The minimum Gasteiger partial charge on any atom is -0.273 e. The predicted molar refractivity (Wildman–Crippen MR) is 113 cm³/mol. The van der Waals surface area contributed by atoms with Crippen molar-refractivity contribution >= 4 is 17.8 Å². The predicted octanol–water partition coefficient (Wildman–Crippen LogP) is 4.15. The van der Waals surface area contributed by atoms with Crippen LogP contribution in [0.2, 0.25) is 0 Å². The van der Waals surface area contributed by atoms with E-state index < -0.39 is 4.92 Å². The summed E-state index contributed by atoms with van der Waals surface area (Å²) in [6.07, 6.45) is 2.59. The molecule has 3 aromatic carbocycles. The molecule has 0 bridgehead atoms. The molecule has 0 heterocycles. The van der Waals surface area contributed by atoms with Crippen LogP contribution >= 0.6 is 0 Å². The van der Waals surface area contributed by atoms with E-state index in [1.54, 1.807) is 12.1 Å². The third kappa shape index (κ3) is 6.10. The maximum absolute atomic E-state index is 12.8. The van der Waals surface area contributed by atoms with Crippen molar-refractivity contribution in [3.63, 3.8) is 0 Å². The monoisotopic (exact) mass is 387 g/mol. The van der Waals surface area contributed by atoms with Crippen molar-refractivity contribution in [1.82, 2.24) is 5.43 Å². The van der Waals surface area contributed by atoms with E-state index in [9.17, 15) is 14.9 Å². The van der Waals surface area contributed by atoms with Gasteiger partial charge in [0.15, 0.2) is 0 Å². The number of nitro groups is 1. The number of benzene rings is 3. The van der Waals surface area contributed by atoms with Gasteiger partial charge in [0.2, 0.25) is 5.91 Å². The number of nitrogens with zero attached hydrogens (tertiary/aromatic N) is 2. The van der Waals surface area contributed by atoms with Crippen molar-refractivity contribution in [2.24, 2.45) is 11.0 Å². The van der Waals surface area contributed by atoms with Crippen molar-refractivity contribution in [3.05, 3.63) is 112 Å². The third-order valence-corrected chi connectivity index (χ3v) is 4.49. The van der Waals surface area contributed by atoms with Gasteiger partial charge in [-0.15, -0.1) is 0 Å². The summed E-state index contributed by atoms with van der Waals surface area (Å²) >= 11 is 0. The number of hydrogen-bond acceptors (Lipinski definition) is 4. The van der Waals surface area contributed by atoms with Crippen molar-refractivity contribution in [2.75, 3.05) is 0 Å². The first kappa shape index (κ1) is 19.9. The van der Waals surface area contributed by atoms with Crippen LogP contribution in [0.1, 0.15) is 16.7 Å². The SMILES string of the molecule is O=C(N/N=C/c1cccc([N+](=O)[O-])c1)C(Cc1ccccc1)Cc1ccccc1. The molecule has 0 unspecified atom stereocenters. The summed E-state index contributed by atoms with van der Waals surface area (Å²) in [6.45, 7) is 0. The van der Waals surface area contributed by atoms with E-state index in [0.29, 0.717) is 18.4 Å². The zero-order chi connectivity index (χ0) is 20.5. The van der Waals surface area contributed by atoms with Crippen LogP contribution in [0.5, 0.6) is 0 Å². The largest absolute Gasteiger partial charge is 0.273 e. The van der Waals surface area contributed by atoms with Gasteiger partial charge in [-0.25, -0.2) is 5.43 Å². The molecule has 0 saturated heterocycles. The van der Waals surface area contributed by atoms with Crippen molar-refractivity contribution < 1.29 is 9.72 Å². The Morgan fingerprint density at radius 2 is 1.52 bits per heavy atom. The van der Waals surface area contributed by atoms with Gasteiger partial charge in [-0.05, 0) is 24.0 Å². The summed E-state index contributed by atoms with van der Waals surface area (Å²) in [4.78, 5) is 23.2. The molecule has 1 amide bonds. The molecule has 0 spiro atoms. The van der Waals surface area contributed by atoms with E-state index in [4.69, 9.17) is 0 Å². The maximum Gasteiger partial charge on any atom is 0.270 e. The highest BCUT2D eigenvalue weighted by atomic mass is 16.6. The standard InChI is InChI=1S/C23H21N3O3/c27-23(25-24-17-20-12-7-13-22(16-20)26(28)29)21(14-18-8-3-1-4-9-18)15-19-10-5-2-6-11-19/h1-13,16-17,21H,14-15H2,(H,25,27)/b24-17+. The van der Waals surface area contributed by atoms with E-state index in [0.717, 1.165) is 11.1 Å². The topological polar surface area (TPSA) is 84.6 Å². The van der Waals surface area contributed by atoms with Crippen LogP contribution < -0.4 is 5.43 Å². The molecule has 3 rings (SSSR count). The summed E-state index contributed by atoms with van der Waals surface area (Å²) in [5, 5.41) is 14.9. The molecule has 0 aliphatic carbocycles. The minimum absolute atomic E-state index is 0.0219. The van der Waals surface area contributed by atoms with Gasteiger partial charge in [-0.3, -0.25) is 14.9 Å². The number of hydrazone groups is 1. The molecule has 3 aromatic rings.